The second kappa shape index (κ2) is 7.89. The molecule has 0 saturated heterocycles. The molecule has 0 nitrogen and oxygen atoms in total. The molecule has 0 spiro atoms. The molecule has 0 bridgehead atoms. The Bertz CT molecular complexity index is 671. The van der Waals surface area contributed by atoms with Gasteiger partial charge in [-0.1, -0.05) is 0 Å². The first-order chi connectivity index (χ1) is 12.2. The Labute approximate surface area is 188 Å². The van der Waals surface area contributed by atoms with Gasteiger partial charge in [-0.05, 0) is 0 Å². The van der Waals surface area contributed by atoms with E-state index in [9.17, 15) is 0 Å². The van der Waals surface area contributed by atoms with Crippen molar-refractivity contribution in [3.05, 3.63) is 42.2 Å². The van der Waals surface area contributed by atoms with Crippen molar-refractivity contribution in [2.75, 3.05) is 0 Å². The van der Waals surface area contributed by atoms with Crippen LogP contribution in [0.15, 0.2) is 42.2 Å². The van der Waals surface area contributed by atoms with Crippen molar-refractivity contribution in [3.63, 3.8) is 0 Å². The zero-order chi connectivity index (χ0) is 20.9. The standard InChI is InChI=1S/C24H38Si.2Li/c1-11-17-13-19(23(3,4)5)21(15-17)25(9,10)22-16-18(12-2)14-20(22)24(6,7)8;;/h13-14,17-18H,11-12H2,1-10H3;;. The first-order valence-corrected chi connectivity index (χ1v) is 14.1. The fourth-order valence-electron chi connectivity index (χ4n) is 5.50. The molecule has 2 unspecified atom stereocenters. The number of hydrogen-bond acceptors (Lipinski definition) is 0. The molecule has 2 rings (SSSR count). The van der Waals surface area contributed by atoms with E-state index in [1.807, 2.05) is 0 Å². The molecule has 140 valence electrons. The van der Waals surface area contributed by atoms with Gasteiger partial charge in [-0.3, -0.25) is 0 Å². The van der Waals surface area contributed by atoms with Gasteiger partial charge in [-0.25, -0.2) is 0 Å². The van der Waals surface area contributed by atoms with Crippen molar-refractivity contribution in [2.24, 2.45) is 22.7 Å². The van der Waals surface area contributed by atoms with Gasteiger partial charge in [-0.2, -0.15) is 0 Å². The van der Waals surface area contributed by atoms with E-state index in [0.29, 0.717) is 11.8 Å². The Kier molecular flexibility index (Phi) is 6.91. The monoisotopic (exact) mass is 368 g/mol. The summed E-state index contributed by atoms with van der Waals surface area (Å²) in [7, 11) is -1.80. The van der Waals surface area contributed by atoms with Crippen LogP contribution in [0.4, 0.5) is 0 Å². The molecule has 2 atom stereocenters. The van der Waals surface area contributed by atoms with E-state index in [4.69, 9.17) is 0 Å². The van der Waals surface area contributed by atoms with Gasteiger partial charge in [0, 0.05) is 0 Å². The third-order valence-electron chi connectivity index (χ3n) is 6.92. The van der Waals surface area contributed by atoms with E-state index in [-0.39, 0.29) is 10.8 Å². The molecule has 0 N–H and O–H groups in total. The first kappa shape index (κ1) is 23.6. The molecule has 27 heavy (non-hydrogen) atoms. The average molecular weight is 369 g/mol. The molecule has 0 amide bonds. The minimum absolute atomic E-state index is 0.216. The van der Waals surface area contributed by atoms with Crippen molar-refractivity contribution in [3.8, 4) is 0 Å². The summed E-state index contributed by atoms with van der Waals surface area (Å²) in [6, 6.07) is 0. The third kappa shape index (κ3) is 4.30. The summed E-state index contributed by atoms with van der Waals surface area (Å²) >= 11 is 4.85. The molecule has 0 heterocycles. The predicted molar refractivity (Wildman–Crippen MR) is 126 cm³/mol. The van der Waals surface area contributed by atoms with Crippen LogP contribution in [0.25, 0.3) is 0 Å². The van der Waals surface area contributed by atoms with Gasteiger partial charge >= 0.3 is 190 Å². The van der Waals surface area contributed by atoms with E-state index >= 15 is 0 Å². The van der Waals surface area contributed by atoms with E-state index in [1.165, 1.54) is 12.8 Å². The van der Waals surface area contributed by atoms with Crippen molar-refractivity contribution < 1.29 is 0 Å². The maximum absolute atomic E-state index is 2.62. The zero-order valence-electron chi connectivity index (χ0n) is 20.2. The van der Waals surface area contributed by atoms with Crippen LogP contribution in [-0.2, 0) is 0 Å². The molecule has 0 saturated carbocycles. The fraction of sp³-hybridized carbons (Fsp3) is 0.667. The van der Waals surface area contributed by atoms with Gasteiger partial charge < -0.3 is 0 Å². The molecular formula is C24H38Li2Si. The van der Waals surface area contributed by atoms with Gasteiger partial charge in [0.05, 0.1) is 0 Å². The van der Waals surface area contributed by atoms with E-state index in [0.717, 1.165) is 0 Å². The second-order valence-electron chi connectivity index (χ2n) is 11.4. The van der Waals surface area contributed by atoms with Crippen LogP contribution in [-0.4, -0.2) is 43.5 Å². The summed E-state index contributed by atoms with van der Waals surface area (Å²) in [4.78, 5) is 0. The van der Waals surface area contributed by atoms with Crippen LogP contribution in [0.3, 0.4) is 0 Å². The topological polar surface area (TPSA) is 0 Å². The molecule has 0 radical (unpaired) electrons. The number of allylic oxidation sites excluding steroid dienone is 8. The van der Waals surface area contributed by atoms with Crippen LogP contribution in [0.1, 0.15) is 68.2 Å². The van der Waals surface area contributed by atoms with E-state index in [2.05, 4.69) is 116 Å². The van der Waals surface area contributed by atoms with Crippen LogP contribution in [0.5, 0.6) is 0 Å². The molecule has 3 heteroatoms. The molecular weight excluding hydrogens is 330 g/mol. The second-order valence-corrected chi connectivity index (χ2v) is 15.7. The van der Waals surface area contributed by atoms with Gasteiger partial charge in [-0.15, -0.1) is 0 Å². The summed E-state index contributed by atoms with van der Waals surface area (Å²) in [6.45, 7) is 24.4. The van der Waals surface area contributed by atoms with Gasteiger partial charge in [0.2, 0.25) is 0 Å². The molecule has 0 fully saturated rings. The van der Waals surface area contributed by atoms with Crippen LogP contribution >= 0.6 is 0 Å². The quantitative estimate of drug-likeness (QED) is 0.488. The van der Waals surface area contributed by atoms with Crippen LogP contribution in [0, 0.1) is 22.7 Å². The Morgan fingerprint density at radius 3 is 1.26 bits per heavy atom. The maximum atomic E-state index is 2.62. The molecule has 2 aliphatic rings. The molecule has 0 aliphatic heterocycles. The third-order valence-corrected chi connectivity index (χ3v) is 10.7. The average Bonchev–Trinajstić information content (AvgIpc) is 3.04. The van der Waals surface area contributed by atoms with Crippen molar-refractivity contribution in [1.82, 2.24) is 0 Å². The Hall–Kier alpha value is 0.372. The van der Waals surface area contributed by atoms with Gasteiger partial charge in [0.25, 0.3) is 0 Å². The molecule has 0 aromatic heterocycles. The first-order valence-electron chi connectivity index (χ1n) is 11.1. The summed E-state index contributed by atoms with van der Waals surface area (Å²) < 4.78 is 3.32. The van der Waals surface area contributed by atoms with E-state index in [1.54, 1.807) is 30.0 Å². The Balaban J connectivity index is 2.73. The summed E-state index contributed by atoms with van der Waals surface area (Å²) in [5.41, 5.74) is 3.70. The van der Waals surface area contributed by atoms with Gasteiger partial charge in [0.15, 0.2) is 0 Å². The van der Waals surface area contributed by atoms with Gasteiger partial charge in [0.1, 0.15) is 0 Å². The predicted octanol–water partition coefficient (Wildman–Crippen LogP) is 6.64. The Morgan fingerprint density at radius 1 is 0.741 bits per heavy atom. The summed E-state index contributed by atoms with van der Waals surface area (Å²) in [5, 5.41) is 3.51. The van der Waals surface area contributed by atoms with Crippen molar-refractivity contribution >= 4 is 43.5 Å². The van der Waals surface area contributed by atoms with Crippen molar-refractivity contribution in [1.29, 1.82) is 0 Å². The summed E-state index contributed by atoms with van der Waals surface area (Å²) in [5.74, 6) is 1.26. The van der Waals surface area contributed by atoms with Crippen molar-refractivity contribution in [2.45, 2.75) is 81.3 Å². The summed E-state index contributed by atoms with van der Waals surface area (Å²) in [6.07, 6.45) is 7.66. The number of rotatable bonds is 4. The molecule has 0 aromatic carbocycles. The SMILES string of the molecule is [Li][C]1=C([Si](C)(C)C2=[C]([Li])C(CC)C=C2C(C)(C)C)C(C(C)(C)C)=CC1CC. The van der Waals surface area contributed by atoms with Crippen LogP contribution in [0.2, 0.25) is 13.1 Å². The van der Waals surface area contributed by atoms with E-state index < -0.39 is 8.07 Å². The number of hydrogen-bond donors (Lipinski definition) is 0. The molecule has 2 aliphatic carbocycles. The minimum atomic E-state index is -1.80. The van der Waals surface area contributed by atoms with Crippen LogP contribution < -0.4 is 0 Å². The fourth-order valence-corrected chi connectivity index (χ4v) is 10.4. The Morgan fingerprint density at radius 2 is 1.04 bits per heavy atom. The molecule has 0 aromatic rings. The normalized spacial score (nSPS) is 24.8. The zero-order valence-corrected chi connectivity index (χ0v) is 21.2.